The van der Waals surface area contributed by atoms with E-state index in [0.717, 1.165) is 30.1 Å². The van der Waals surface area contributed by atoms with Crippen LogP contribution in [0.25, 0.3) is 0 Å². The molecule has 1 amide bonds. The topological polar surface area (TPSA) is 41.6 Å². The fourth-order valence-corrected chi connectivity index (χ4v) is 1.77. The molecule has 1 aliphatic heterocycles. The zero-order chi connectivity index (χ0) is 12.3. The van der Waals surface area contributed by atoms with E-state index in [4.69, 9.17) is 4.74 Å². The number of rotatable bonds is 3. The molecule has 0 radical (unpaired) electrons. The van der Waals surface area contributed by atoms with Gasteiger partial charge < -0.3 is 10.1 Å². The van der Waals surface area contributed by atoms with E-state index in [1.165, 1.54) is 6.08 Å². The highest BCUT2D eigenvalue weighted by Crippen LogP contribution is 2.27. The lowest BCUT2D eigenvalue weighted by Crippen LogP contribution is -2.31. The van der Waals surface area contributed by atoms with Crippen molar-refractivity contribution in [3.05, 3.63) is 36.4 Å². The molecule has 1 aromatic carbocycles. The first-order valence-corrected chi connectivity index (χ1v) is 5.64. The number of hydrogen-bond acceptors (Lipinski definition) is 3. The van der Waals surface area contributed by atoms with Crippen molar-refractivity contribution in [2.45, 2.75) is 13.5 Å². The molecule has 0 saturated carbocycles. The van der Waals surface area contributed by atoms with E-state index in [9.17, 15) is 4.79 Å². The van der Waals surface area contributed by atoms with E-state index < -0.39 is 0 Å². The van der Waals surface area contributed by atoms with Crippen LogP contribution in [0.4, 0.5) is 5.69 Å². The number of anilines is 1. The van der Waals surface area contributed by atoms with Gasteiger partial charge in [0.05, 0.1) is 0 Å². The van der Waals surface area contributed by atoms with Gasteiger partial charge in [0, 0.05) is 17.8 Å². The highest BCUT2D eigenvalue weighted by atomic mass is 16.5. The van der Waals surface area contributed by atoms with Crippen LogP contribution in [0.2, 0.25) is 0 Å². The molecule has 0 spiro atoms. The molecular formula is C13H16N2O2. The third-order valence-corrected chi connectivity index (χ3v) is 2.76. The maximum absolute atomic E-state index is 11.2. The molecule has 4 heteroatoms. The maximum Gasteiger partial charge on any atom is 0.247 e. The molecule has 0 aliphatic carbocycles. The van der Waals surface area contributed by atoms with Crippen molar-refractivity contribution in [2.24, 2.45) is 0 Å². The van der Waals surface area contributed by atoms with E-state index in [1.807, 2.05) is 18.2 Å². The van der Waals surface area contributed by atoms with E-state index in [0.29, 0.717) is 6.73 Å². The number of nitrogens with one attached hydrogen (secondary N) is 1. The molecule has 1 N–H and O–H groups in total. The van der Waals surface area contributed by atoms with E-state index in [1.54, 1.807) is 0 Å². The van der Waals surface area contributed by atoms with Gasteiger partial charge in [-0.2, -0.15) is 0 Å². The van der Waals surface area contributed by atoms with Crippen LogP contribution in [0.5, 0.6) is 5.75 Å². The Bertz CT molecular complexity index is 443. The minimum Gasteiger partial charge on any atom is -0.478 e. The molecule has 1 aliphatic rings. The van der Waals surface area contributed by atoms with E-state index in [2.05, 4.69) is 23.7 Å². The summed E-state index contributed by atoms with van der Waals surface area (Å²) in [5.74, 6) is 0.695. The quantitative estimate of drug-likeness (QED) is 0.810. The second-order valence-corrected chi connectivity index (χ2v) is 3.93. The standard InChI is InChI=1S/C13H16N2O2/c1-3-13(16)14-11-5-6-12-10(7-11)8-15(4-2)9-17-12/h3,5-7H,1,4,8-9H2,2H3,(H,14,16). The van der Waals surface area contributed by atoms with Gasteiger partial charge in [0.15, 0.2) is 0 Å². The zero-order valence-electron chi connectivity index (χ0n) is 9.90. The Kier molecular flexibility index (Phi) is 3.44. The minimum absolute atomic E-state index is 0.200. The van der Waals surface area contributed by atoms with Gasteiger partial charge in [0.2, 0.25) is 5.91 Å². The van der Waals surface area contributed by atoms with Crippen LogP contribution in [-0.2, 0) is 11.3 Å². The zero-order valence-corrected chi connectivity index (χ0v) is 9.90. The number of nitrogens with zero attached hydrogens (tertiary/aromatic N) is 1. The Morgan fingerprint density at radius 1 is 1.65 bits per heavy atom. The first-order valence-electron chi connectivity index (χ1n) is 5.64. The second-order valence-electron chi connectivity index (χ2n) is 3.93. The van der Waals surface area contributed by atoms with Gasteiger partial charge in [-0.15, -0.1) is 0 Å². The largest absolute Gasteiger partial charge is 0.478 e. The summed E-state index contributed by atoms with van der Waals surface area (Å²) in [5, 5.41) is 2.74. The normalized spacial score (nSPS) is 14.6. The van der Waals surface area contributed by atoms with Crippen molar-refractivity contribution in [1.29, 1.82) is 0 Å². The van der Waals surface area contributed by atoms with Crippen molar-refractivity contribution in [1.82, 2.24) is 4.90 Å². The third kappa shape index (κ3) is 2.65. The summed E-state index contributed by atoms with van der Waals surface area (Å²) < 4.78 is 5.61. The summed E-state index contributed by atoms with van der Waals surface area (Å²) in [5.41, 5.74) is 1.87. The first kappa shape index (κ1) is 11.7. The molecule has 17 heavy (non-hydrogen) atoms. The molecule has 2 rings (SSSR count). The molecule has 0 unspecified atom stereocenters. The number of benzene rings is 1. The van der Waals surface area contributed by atoms with Crippen LogP contribution in [-0.4, -0.2) is 24.1 Å². The van der Waals surface area contributed by atoms with Crippen molar-refractivity contribution < 1.29 is 9.53 Å². The van der Waals surface area contributed by atoms with Crippen molar-refractivity contribution in [3.63, 3.8) is 0 Å². The highest BCUT2D eigenvalue weighted by Gasteiger charge is 2.16. The average Bonchev–Trinajstić information content (AvgIpc) is 2.37. The van der Waals surface area contributed by atoms with Gasteiger partial charge >= 0.3 is 0 Å². The Morgan fingerprint density at radius 2 is 2.47 bits per heavy atom. The summed E-state index contributed by atoms with van der Waals surface area (Å²) in [6, 6.07) is 5.67. The number of carbonyl (C=O) groups excluding carboxylic acids is 1. The average molecular weight is 232 g/mol. The van der Waals surface area contributed by atoms with Crippen LogP contribution < -0.4 is 10.1 Å². The highest BCUT2D eigenvalue weighted by molar-refractivity contribution is 5.98. The molecule has 90 valence electrons. The van der Waals surface area contributed by atoms with Gasteiger partial charge in [-0.25, -0.2) is 0 Å². The minimum atomic E-state index is -0.200. The fraction of sp³-hybridized carbons (Fsp3) is 0.308. The number of fused-ring (bicyclic) bond motifs is 1. The Hall–Kier alpha value is -1.81. The molecule has 0 atom stereocenters. The molecule has 0 aromatic heterocycles. The summed E-state index contributed by atoms with van der Waals surface area (Å²) in [6.07, 6.45) is 1.26. The predicted molar refractivity (Wildman–Crippen MR) is 66.8 cm³/mol. The molecule has 4 nitrogen and oxygen atoms in total. The lowest BCUT2D eigenvalue weighted by molar-refractivity contribution is -0.111. The lowest BCUT2D eigenvalue weighted by atomic mass is 10.1. The maximum atomic E-state index is 11.2. The third-order valence-electron chi connectivity index (χ3n) is 2.76. The Morgan fingerprint density at radius 3 is 3.18 bits per heavy atom. The molecule has 0 fully saturated rings. The summed E-state index contributed by atoms with van der Waals surface area (Å²) in [6.45, 7) is 7.94. The van der Waals surface area contributed by atoms with Crippen molar-refractivity contribution >= 4 is 11.6 Å². The summed E-state index contributed by atoms with van der Waals surface area (Å²) in [4.78, 5) is 13.4. The van der Waals surface area contributed by atoms with Gasteiger partial charge in [-0.05, 0) is 30.8 Å². The predicted octanol–water partition coefficient (Wildman–Crippen LogP) is 1.98. The Balaban J connectivity index is 2.18. The lowest BCUT2D eigenvalue weighted by Gasteiger charge is -2.28. The van der Waals surface area contributed by atoms with Crippen LogP contribution >= 0.6 is 0 Å². The van der Waals surface area contributed by atoms with E-state index in [-0.39, 0.29) is 5.91 Å². The first-order chi connectivity index (χ1) is 8.22. The smallest absolute Gasteiger partial charge is 0.247 e. The van der Waals surface area contributed by atoms with Crippen molar-refractivity contribution in [2.75, 3.05) is 18.6 Å². The molecule has 1 heterocycles. The number of ether oxygens (including phenoxy) is 1. The van der Waals surface area contributed by atoms with Gasteiger partial charge in [0.1, 0.15) is 12.5 Å². The van der Waals surface area contributed by atoms with Crippen LogP contribution in [0.3, 0.4) is 0 Å². The van der Waals surface area contributed by atoms with Crippen LogP contribution in [0.1, 0.15) is 12.5 Å². The molecular weight excluding hydrogens is 216 g/mol. The van der Waals surface area contributed by atoms with Gasteiger partial charge in [-0.1, -0.05) is 13.5 Å². The van der Waals surface area contributed by atoms with Crippen LogP contribution in [0, 0.1) is 0 Å². The number of carbonyl (C=O) groups is 1. The van der Waals surface area contributed by atoms with Crippen LogP contribution in [0.15, 0.2) is 30.9 Å². The molecule has 1 aromatic rings. The summed E-state index contributed by atoms with van der Waals surface area (Å²) in [7, 11) is 0. The molecule has 0 bridgehead atoms. The number of hydrogen-bond donors (Lipinski definition) is 1. The summed E-state index contributed by atoms with van der Waals surface area (Å²) >= 11 is 0. The monoisotopic (exact) mass is 232 g/mol. The molecule has 0 saturated heterocycles. The number of amides is 1. The van der Waals surface area contributed by atoms with Crippen molar-refractivity contribution in [3.8, 4) is 5.75 Å². The fourth-order valence-electron chi connectivity index (χ4n) is 1.77. The van der Waals surface area contributed by atoms with E-state index >= 15 is 0 Å². The van der Waals surface area contributed by atoms with Gasteiger partial charge in [0.25, 0.3) is 0 Å². The Labute approximate surface area is 101 Å². The van der Waals surface area contributed by atoms with Gasteiger partial charge in [-0.3, -0.25) is 9.69 Å². The SMILES string of the molecule is C=CC(=O)Nc1ccc2c(c1)CN(CC)CO2. The second kappa shape index (κ2) is 5.01.